The fourth-order valence-electron chi connectivity index (χ4n) is 2.96. The van der Waals surface area contributed by atoms with E-state index in [-0.39, 0.29) is 6.61 Å². The Morgan fingerprint density at radius 3 is 1.70 bits per heavy atom. The van der Waals surface area contributed by atoms with Gasteiger partial charge in [0.1, 0.15) is 0 Å². The minimum absolute atomic E-state index is 0.191. The molecule has 1 rings (SSSR count). The molecule has 1 aromatic carbocycles. The highest BCUT2D eigenvalue weighted by Crippen LogP contribution is 2.11. The summed E-state index contributed by atoms with van der Waals surface area (Å²) in [5, 5.41) is 0. The van der Waals surface area contributed by atoms with Gasteiger partial charge in [-0.25, -0.2) is 9.59 Å². The number of esters is 2. The Bertz CT molecular complexity index is 498. The van der Waals surface area contributed by atoms with Crippen LogP contribution in [0.4, 0.5) is 0 Å². The molecule has 1 aromatic rings. The van der Waals surface area contributed by atoms with Crippen LogP contribution in [0, 0.1) is 0 Å². The second-order valence-corrected chi connectivity index (χ2v) is 7.04. The maximum Gasteiger partial charge on any atom is 0.417 e. The zero-order valence-corrected chi connectivity index (χ0v) is 16.9. The molecule has 0 fully saturated rings. The third-order valence-corrected chi connectivity index (χ3v) is 4.61. The van der Waals surface area contributed by atoms with Gasteiger partial charge in [-0.05, 0) is 12.0 Å². The van der Waals surface area contributed by atoms with Crippen LogP contribution in [0.1, 0.15) is 83.1 Å². The van der Waals surface area contributed by atoms with Gasteiger partial charge in [-0.15, -0.1) is 0 Å². The van der Waals surface area contributed by atoms with Crippen LogP contribution in [-0.2, 0) is 25.5 Å². The molecule has 0 aliphatic carbocycles. The van der Waals surface area contributed by atoms with Crippen molar-refractivity contribution < 1.29 is 19.1 Å². The number of hydrogen-bond acceptors (Lipinski definition) is 4. The van der Waals surface area contributed by atoms with Gasteiger partial charge in [0.25, 0.3) is 0 Å². The summed E-state index contributed by atoms with van der Waals surface area (Å²) in [6.07, 6.45) is 14.2. The summed E-state index contributed by atoms with van der Waals surface area (Å²) in [6.45, 7) is 2.73. The van der Waals surface area contributed by atoms with E-state index < -0.39 is 11.9 Å². The molecule has 0 aliphatic heterocycles. The van der Waals surface area contributed by atoms with Crippen LogP contribution in [0.25, 0.3) is 0 Å². The molecule has 0 saturated heterocycles. The van der Waals surface area contributed by atoms with Crippen molar-refractivity contribution in [3.8, 4) is 0 Å². The third-order valence-electron chi connectivity index (χ3n) is 4.61. The summed E-state index contributed by atoms with van der Waals surface area (Å²) >= 11 is 0. The Morgan fingerprint density at radius 1 is 0.667 bits per heavy atom. The normalized spacial score (nSPS) is 10.6. The van der Waals surface area contributed by atoms with Crippen LogP contribution in [0.15, 0.2) is 30.3 Å². The fourth-order valence-corrected chi connectivity index (χ4v) is 2.96. The number of ether oxygens (including phenoxy) is 2. The first-order valence-electron chi connectivity index (χ1n) is 10.6. The van der Waals surface area contributed by atoms with Crippen LogP contribution in [0.2, 0.25) is 0 Å². The highest BCUT2D eigenvalue weighted by molar-refractivity contribution is 6.29. The topological polar surface area (TPSA) is 52.6 Å². The Labute approximate surface area is 164 Å². The van der Waals surface area contributed by atoms with Gasteiger partial charge in [0, 0.05) is 6.42 Å². The zero-order chi connectivity index (χ0) is 19.6. The van der Waals surface area contributed by atoms with Gasteiger partial charge in [0.2, 0.25) is 0 Å². The quantitative estimate of drug-likeness (QED) is 0.226. The van der Waals surface area contributed by atoms with Crippen LogP contribution in [-0.4, -0.2) is 25.2 Å². The second-order valence-electron chi connectivity index (χ2n) is 7.04. The number of unbranched alkanes of at least 4 members (excludes halogenated alkanes) is 10. The van der Waals surface area contributed by atoms with E-state index in [0.717, 1.165) is 24.8 Å². The molecule has 0 amide bonds. The molecule has 0 spiro atoms. The molecule has 0 radical (unpaired) electrons. The number of hydrogen-bond donors (Lipinski definition) is 0. The van der Waals surface area contributed by atoms with E-state index >= 15 is 0 Å². The summed E-state index contributed by atoms with van der Waals surface area (Å²) in [7, 11) is 0. The van der Waals surface area contributed by atoms with Gasteiger partial charge < -0.3 is 9.47 Å². The van der Waals surface area contributed by atoms with E-state index in [0.29, 0.717) is 13.0 Å². The molecule has 0 heterocycles. The van der Waals surface area contributed by atoms with E-state index in [1.165, 1.54) is 51.4 Å². The molecule has 4 heteroatoms. The van der Waals surface area contributed by atoms with Gasteiger partial charge >= 0.3 is 11.9 Å². The van der Waals surface area contributed by atoms with E-state index in [1.807, 2.05) is 30.3 Å². The maximum atomic E-state index is 11.6. The van der Waals surface area contributed by atoms with Crippen molar-refractivity contribution in [3.05, 3.63) is 35.9 Å². The van der Waals surface area contributed by atoms with Crippen molar-refractivity contribution >= 4 is 11.9 Å². The number of benzene rings is 1. The number of carbonyl (C=O) groups excluding carboxylic acids is 2. The van der Waals surface area contributed by atoms with Crippen molar-refractivity contribution in [3.63, 3.8) is 0 Å². The van der Waals surface area contributed by atoms with Crippen molar-refractivity contribution in [1.82, 2.24) is 0 Å². The first kappa shape index (κ1) is 23.2. The first-order chi connectivity index (χ1) is 13.2. The Kier molecular flexibility index (Phi) is 14.0. The van der Waals surface area contributed by atoms with Crippen LogP contribution in [0.3, 0.4) is 0 Å². The summed E-state index contributed by atoms with van der Waals surface area (Å²) in [5.74, 6) is -1.77. The molecule has 0 unspecified atom stereocenters. The Morgan fingerprint density at radius 2 is 1.15 bits per heavy atom. The van der Waals surface area contributed by atoms with E-state index in [9.17, 15) is 9.59 Å². The van der Waals surface area contributed by atoms with Crippen molar-refractivity contribution in [1.29, 1.82) is 0 Å². The summed E-state index contributed by atoms with van der Waals surface area (Å²) in [4.78, 5) is 23.1. The molecule has 0 saturated carbocycles. The average Bonchev–Trinajstić information content (AvgIpc) is 2.69. The average molecular weight is 377 g/mol. The molecule has 4 nitrogen and oxygen atoms in total. The third kappa shape index (κ3) is 13.0. The summed E-state index contributed by atoms with van der Waals surface area (Å²) in [5.41, 5.74) is 1.07. The van der Waals surface area contributed by atoms with Gasteiger partial charge in [0.05, 0.1) is 13.2 Å². The molecule has 0 N–H and O–H groups in total. The SMILES string of the molecule is CCCCCCCCCCCCCOC(=O)C(=O)OCCc1ccccc1. The molecule has 0 bridgehead atoms. The van der Waals surface area contributed by atoms with Crippen molar-refractivity contribution in [2.45, 2.75) is 84.0 Å². The molecule has 27 heavy (non-hydrogen) atoms. The molecule has 0 atom stereocenters. The fraction of sp³-hybridized carbons (Fsp3) is 0.652. The van der Waals surface area contributed by atoms with Gasteiger partial charge in [0.15, 0.2) is 0 Å². The van der Waals surface area contributed by atoms with Crippen LogP contribution >= 0.6 is 0 Å². The van der Waals surface area contributed by atoms with Gasteiger partial charge in [-0.1, -0.05) is 101 Å². The highest BCUT2D eigenvalue weighted by atomic mass is 16.6. The lowest BCUT2D eigenvalue weighted by molar-refractivity contribution is -0.167. The van der Waals surface area contributed by atoms with Crippen molar-refractivity contribution in [2.24, 2.45) is 0 Å². The lowest BCUT2D eigenvalue weighted by atomic mass is 10.1. The van der Waals surface area contributed by atoms with E-state index in [4.69, 9.17) is 9.47 Å². The van der Waals surface area contributed by atoms with Gasteiger partial charge in [-0.3, -0.25) is 0 Å². The minimum Gasteiger partial charge on any atom is -0.457 e. The zero-order valence-electron chi connectivity index (χ0n) is 16.9. The van der Waals surface area contributed by atoms with E-state index in [2.05, 4.69) is 6.92 Å². The Balaban J connectivity index is 1.89. The smallest absolute Gasteiger partial charge is 0.417 e. The standard InChI is InChI=1S/C23H36O4/c1-2-3-4-5-6-7-8-9-10-11-15-19-26-22(24)23(25)27-20-18-21-16-13-12-14-17-21/h12-14,16-17H,2-11,15,18-20H2,1H3. The van der Waals surface area contributed by atoms with Crippen LogP contribution < -0.4 is 0 Å². The lowest BCUT2D eigenvalue weighted by Gasteiger charge is -2.06. The van der Waals surface area contributed by atoms with Crippen molar-refractivity contribution in [2.75, 3.05) is 13.2 Å². The maximum absolute atomic E-state index is 11.6. The number of carbonyl (C=O) groups is 2. The first-order valence-corrected chi connectivity index (χ1v) is 10.6. The predicted molar refractivity (Wildman–Crippen MR) is 109 cm³/mol. The lowest BCUT2D eigenvalue weighted by Crippen LogP contribution is -2.21. The molecule has 152 valence electrons. The largest absolute Gasteiger partial charge is 0.457 e. The minimum atomic E-state index is -0.894. The predicted octanol–water partition coefficient (Wildman–Crippen LogP) is 5.63. The highest BCUT2D eigenvalue weighted by Gasteiger charge is 2.16. The van der Waals surface area contributed by atoms with Crippen LogP contribution in [0.5, 0.6) is 0 Å². The molecular weight excluding hydrogens is 340 g/mol. The molecule has 0 aromatic heterocycles. The summed E-state index contributed by atoms with van der Waals surface area (Å²) < 4.78 is 9.93. The summed E-state index contributed by atoms with van der Waals surface area (Å²) in [6, 6.07) is 9.71. The monoisotopic (exact) mass is 376 g/mol. The number of rotatable bonds is 15. The van der Waals surface area contributed by atoms with Gasteiger partial charge in [-0.2, -0.15) is 0 Å². The van der Waals surface area contributed by atoms with E-state index in [1.54, 1.807) is 0 Å². The Hall–Kier alpha value is -1.84. The second kappa shape index (κ2) is 16.3. The molecular formula is C23H36O4. The molecule has 0 aliphatic rings.